The van der Waals surface area contributed by atoms with Crippen LogP contribution >= 0.6 is 27.5 Å². The molecule has 1 aromatic rings. The molecule has 0 bridgehead atoms. The Morgan fingerprint density at radius 1 is 1.50 bits per heavy atom. The topological polar surface area (TPSA) is 20.3 Å². The normalized spacial score (nSPS) is 10.8. The highest BCUT2D eigenvalue weighted by molar-refractivity contribution is 9.10. The van der Waals surface area contributed by atoms with Crippen LogP contribution in [-0.4, -0.2) is 36.2 Å². The van der Waals surface area contributed by atoms with Crippen molar-refractivity contribution < 1.29 is 13.6 Å². The summed E-state index contributed by atoms with van der Waals surface area (Å²) in [6, 6.07) is 5.19. The van der Waals surface area contributed by atoms with Crippen LogP contribution in [0.5, 0.6) is 0 Å². The molecule has 0 radical (unpaired) electrons. The van der Waals surface area contributed by atoms with E-state index < -0.39 is 18.9 Å². The van der Waals surface area contributed by atoms with Gasteiger partial charge < -0.3 is 4.90 Å². The van der Waals surface area contributed by atoms with E-state index in [4.69, 9.17) is 11.6 Å². The molecule has 0 heterocycles. The molecule has 1 rings (SSSR count). The Kier molecular flexibility index (Phi) is 6.02. The van der Waals surface area contributed by atoms with E-state index in [2.05, 4.69) is 15.9 Å². The summed E-state index contributed by atoms with van der Waals surface area (Å²) in [5.41, 5.74) is 1.16. The van der Waals surface area contributed by atoms with Gasteiger partial charge in [0.2, 0.25) is 0 Å². The van der Waals surface area contributed by atoms with Crippen LogP contribution in [0.3, 0.4) is 0 Å². The summed E-state index contributed by atoms with van der Waals surface area (Å²) >= 11 is 8.79. The molecule has 2 nitrogen and oxygen atoms in total. The van der Waals surface area contributed by atoms with Gasteiger partial charge in [-0.3, -0.25) is 4.79 Å². The van der Waals surface area contributed by atoms with Crippen LogP contribution in [0.25, 0.3) is 0 Å². The first-order chi connectivity index (χ1) is 8.45. The smallest absolute Gasteiger partial charge is 0.255 e. The molecule has 0 N–H and O–H groups in total. The van der Waals surface area contributed by atoms with Crippen molar-refractivity contribution in [3.63, 3.8) is 0 Å². The predicted octanol–water partition coefficient (Wildman–Crippen LogP) is 3.70. The maximum atomic E-state index is 12.4. The van der Waals surface area contributed by atoms with Gasteiger partial charge in [0, 0.05) is 22.5 Å². The first kappa shape index (κ1) is 15.4. The molecule has 0 fully saturated rings. The minimum atomic E-state index is -2.57. The number of carbonyl (C=O) groups is 1. The largest absolute Gasteiger partial charge is 0.332 e. The molecule has 1 amide bonds. The highest BCUT2D eigenvalue weighted by Crippen LogP contribution is 2.18. The summed E-state index contributed by atoms with van der Waals surface area (Å²) in [6.07, 6.45) is -2.57. The Hall–Kier alpha value is -0.680. The lowest BCUT2D eigenvalue weighted by atomic mass is 10.1. The highest BCUT2D eigenvalue weighted by atomic mass is 79.9. The Morgan fingerprint density at radius 2 is 2.17 bits per heavy atom. The minimum Gasteiger partial charge on any atom is -0.332 e. The standard InChI is InChI=1S/C12H13BrClF2NO/c1-8-2-3-9(13)6-10(8)12(18)17(5-4-14)7-11(15)16/h2-3,6,11H,4-5,7H2,1H3. The second-order valence-corrected chi connectivity index (χ2v) is 5.08. The molecule has 6 heteroatoms. The molecule has 0 spiro atoms. The molecule has 100 valence electrons. The SMILES string of the molecule is Cc1ccc(Br)cc1C(=O)N(CCCl)CC(F)F. The van der Waals surface area contributed by atoms with Gasteiger partial charge >= 0.3 is 0 Å². The zero-order valence-corrected chi connectivity index (χ0v) is 12.1. The van der Waals surface area contributed by atoms with Gasteiger partial charge in [0.1, 0.15) is 0 Å². The third kappa shape index (κ3) is 4.21. The van der Waals surface area contributed by atoms with E-state index in [1.165, 1.54) is 0 Å². The van der Waals surface area contributed by atoms with Crippen LogP contribution in [0, 0.1) is 6.92 Å². The van der Waals surface area contributed by atoms with Gasteiger partial charge in [0.15, 0.2) is 0 Å². The van der Waals surface area contributed by atoms with Gasteiger partial charge in [-0.1, -0.05) is 22.0 Å². The van der Waals surface area contributed by atoms with Crippen LogP contribution in [0.1, 0.15) is 15.9 Å². The lowest BCUT2D eigenvalue weighted by Crippen LogP contribution is -2.37. The summed E-state index contributed by atoms with van der Waals surface area (Å²) in [5.74, 6) is -0.291. The van der Waals surface area contributed by atoms with Gasteiger partial charge in [-0.05, 0) is 24.6 Å². The van der Waals surface area contributed by atoms with Crippen LogP contribution in [0.15, 0.2) is 22.7 Å². The highest BCUT2D eigenvalue weighted by Gasteiger charge is 2.20. The lowest BCUT2D eigenvalue weighted by Gasteiger charge is -2.22. The van der Waals surface area contributed by atoms with E-state index in [-0.39, 0.29) is 12.4 Å². The molecule has 18 heavy (non-hydrogen) atoms. The Balaban J connectivity index is 2.97. The number of benzene rings is 1. The van der Waals surface area contributed by atoms with E-state index in [0.717, 1.165) is 14.9 Å². The van der Waals surface area contributed by atoms with E-state index in [1.807, 2.05) is 0 Å². The molecule has 0 saturated carbocycles. The first-order valence-electron chi connectivity index (χ1n) is 5.35. The van der Waals surface area contributed by atoms with Crippen LogP contribution in [-0.2, 0) is 0 Å². The number of rotatable bonds is 5. The molecule has 0 atom stereocenters. The second-order valence-electron chi connectivity index (χ2n) is 3.79. The van der Waals surface area contributed by atoms with Crippen LogP contribution in [0.2, 0.25) is 0 Å². The third-order valence-corrected chi connectivity index (χ3v) is 3.09. The Morgan fingerprint density at radius 3 is 2.72 bits per heavy atom. The molecular formula is C12H13BrClF2NO. The summed E-state index contributed by atoms with van der Waals surface area (Å²) in [6.45, 7) is 1.27. The molecule has 0 aromatic heterocycles. The minimum absolute atomic E-state index is 0.108. The maximum absolute atomic E-state index is 12.4. The fourth-order valence-corrected chi connectivity index (χ4v) is 2.10. The number of halogens is 4. The average molecular weight is 341 g/mol. The molecular weight excluding hydrogens is 327 g/mol. The molecule has 0 aliphatic heterocycles. The Labute approximate surface area is 118 Å². The van der Waals surface area contributed by atoms with Gasteiger partial charge in [-0.25, -0.2) is 8.78 Å². The average Bonchev–Trinajstić information content (AvgIpc) is 2.30. The molecule has 0 saturated heterocycles. The zero-order chi connectivity index (χ0) is 13.7. The number of amides is 1. The van der Waals surface area contributed by atoms with E-state index in [9.17, 15) is 13.6 Å². The summed E-state index contributed by atoms with van der Waals surface area (Å²) in [4.78, 5) is 13.2. The number of aryl methyl sites for hydroxylation is 1. The number of hydrogen-bond donors (Lipinski definition) is 0. The first-order valence-corrected chi connectivity index (χ1v) is 6.68. The third-order valence-electron chi connectivity index (χ3n) is 2.43. The van der Waals surface area contributed by atoms with Crippen molar-refractivity contribution in [3.05, 3.63) is 33.8 Å². The van der Waals surface area contributed by atoms with E-state index >= 15 is 0 Å². The van der Waals surface area contributed by atoms with Crippen molar-refractivity contribution >= 4 is 33.4 Å². The zero-order valence-electron chi connectivity index (χ0n) is 9.80. The number of nitrogens with zero attached hydrogens (tertiary/aromatic N) is 1. The van der Waals surface area contributed by atoms with Gasteiger partial charge in [0.25, 0.3) is 12.3 Å². The summed E-state index contributed by atoms with van der Waals surface area (Å²) in [7, 11) is 0. The molecule has 0 unspecified atom stereocenters. The van der Waals surface area contributed by atoms with Gasteiger partial charge in [-0.2, -0.15) is 0 Å². The van der Waals surface area contributed by atoms with Crippen molar-refractivity contribution in [2.75, 3.05) is 19.0 Å². The van der Waals surface area contributed by atoms with Crippen molar-refractivity contribution in [2.24, 2.45) is 0 Å². The second kappa shape index (κ2) is 7.04. The summed E-state index contributed by atoms with van der Waals surface area (Å²) < 4.78 is 25.6. The fraction of sp³-hybridized carbons (Fsp3) is 0.417. The van der Waals surface area contributed by atoms with Gasteiger partial charge in [0.05, 0.1) is 6.54 Å². The maximum Gasteiger partial charge on any atom is 0.255 e. The van der Waals surface area contributed by atoms with Crippen LogP contribution < -0.4 is 0 Å². The van der Waals surface area contributed by atoms with E-state index in [1.54, 1.807) is 25.1 Å². The number of carbonyl (C=O) groups excluding carboxylic acids is 1. The summed E-state index contributed by atoms with van der Waals surface area (Å²) in [5, 5.41) is 0. The van der Waals surface area contributed by atoms with Crippen LogP contribution in [0.4, 0.5) is 8.78 Å². The molecule has 1 aromatic carbocycles. The number of hydrogen-bond acceptors (Lipinski definition) is 1. The molecule has 0 aliphatic rings. The quantitative estimate of drug-likeness (QED) is 0.748. The monoisotopic (exact) mass is 339 g/mol. The van der Waals surface area contributed by atoms with Gasteiger partial charge in [-0.15, -0.1) is 11.6 Å². The molecule has 0 aliphatic carbocycles. The van der Waals surface area contributed by atoms with Crippen molar-refractivity contribution in [1.82, 2.24) is 4.90 Å². The Bertz CT molecular complexity index is 429. The van der Waals surface area contributed by atoms with E-state index in [0.29, 0.717) is 5.56 Å². The number of alkyl halides is 3. The van der Waals surface area contributed by atoms with Crippen molar-refractivity contribution in [2.45, 2.75) is 13.3 Å². The van der Waals surface area contributed by atoms with Crippen molar-refractivity contribution in [1.29, 1.82) is 0 Å². The predicted molar refractivity (Wildman–Crippen MR) is 71.5 cm³/mol. The lowest BCUT2D eigenvalue weighted by molar-refractivity contribution is 0.0570. The van der Waals surface area contributed by atoms with Crippen molar-refractivity contribution in [3.8, 4) is 0 Å². The fourth-order valence-electron chi connectivity index (χ4n) is 1.54.